The van der Waals surface area contributed by atoms with Crippen LogP contribution in [0.5, 0.6) is 0 Å². The van der Waals surface area contributed by atoms with Gasteiger partial charge in [0, 0.05) is 24.4 Å². The second kappa shape index (κ2) is 4.90. The zero-order valence-corrected chi connectivity index (χ0v) is 11.4. The molecule has 0 radical (unpaired) electrons. The SMILES string of the molecule is O=C1CCC(N2Cc3c(CCl)cccc3C2=O)C(=O)N1. The minimum Gasteiger partial charge on any atom is -0.322 e. The van der Waals surface area contributed by atoms with E-state index in [0.717, 1.165) is 11.1 Å². The topological polar surface area (TPSA) is 66.5 Å². The van der Waals surface area contributed by atoms with Crippen molar-refractivity contribution in [1.82, 2.24) is 10.2 Å². The van der Waals surface area contributed by atoms with Gasteiger partial charge in [0.1, 0.15) is 6.04 Å². The Morgan fingerprint density at radius 2 is 2.10 bits per heavy atom. The van der Waals surface area contributed by atoms with Crippen LogP contribution in [0.25, 0.3) is 0 Å². The van der Waals surface area contributed by atoms with Gasteiger partial charge in [-0.3, -0.25) is 19.7 Å². The van der Waals surface area contributed by atoms with Gasteiger partial charge in [-0.2, -0.15) is 0 Å². The average molecular weight is 293 g/mol. The Kier molecular flexibility index (Phi) is 3.22. The van der Waals surface area contributed by atoms with Crippen molar-refractivity contribution < 1.29 is 14.4 Å². The summed E-state index contributed by atoms with van der Waals surface area (Å²) in [5, 5.41) is 2.28. The molecule has 0 bridgehead atoms. The number of piperidine rings is 1. The average Bonchev–Trinajstić information content (AvgIpc) is 2.76. The molecule has 0 aromatic heterocycles. The molecule has 1 N–H and O–H groups in total. The van der Waals surface area contributed by atoms with E-state index in [2.05, 4.69) is 5.32 Å². The van der Waals surface area contributed by atoms with E-state index in [4.69, 9.17) is 11.6 Å². The fourth-order valence-corrected chi connectivity index (χ4v) is 3.03. The van der Waals surface area contributed by atoms with Crippen molar-refractivity contribution in [3.05, 3.63) is 34.9 Å². The molecule has 2 heterocycles. The largest absolute Gasteiger partial charge is 0.322 e. The predicted octanol–water partition coefficient (Wildman–Crippen LogP) is 1.19. The summed E-state index contributed by atoms with van der Waals surface area (Å²) in [6.07, 6.45) is 0.638. The van der Waals surface area contributed by atoms with Gasteiger partial charge in [-0.1, -0.05) is 12.1 Å². The van der Waals surface area contributed by atoms with E-state index >= 15 is 0 Å². The maximum atomic E-state index is 12.4. The summed E-state index contributed by atoms with van der Waals surface area (Å²) in [5.41, 5.74) is 2.40. The highest BCUT2D eigenvalue weighted by molar-refractivity contribution is 6.17. The number of benzene rings is 1. The first-order chi connectivity index (χ1) is 9.61. The highest BCUT2D eigenvalue weighted by Crippen LogP contribution is 2.30. The van der Waals surface area contributed by atoms with Gasteiger partial charge in [0.25, 0.3) is 5.91 Å². The Morgan fingerprint density at radius 3 is 2.80 bits per heavy atom. The molecule has 2 aliphatic heterocycles. The summed E-state index contributed by atoms with van der Waals surface area (Å²) < 4.78 is 0. The zero-order chi connectivity index (χ0) is 14.3. The van der Waals surface area contributed by atoms with Crippen LogP contribution in [0.3, 0.4) is 0 Å². The minimum atomic E-state index is -0.573. The van der Waals surface area contributed by atoms with Gasteiger partial charge >= 0.3 is 0 Å². The van der Waals surface area contributed by atoms with Crippen LogP contribution < -0.4 is 5.32 Å². The smallest absolute Gasteiger partial charge is 0.255 e. The third-order valence-corrected chi connectivity index (χ3v) is 4.11. The number of nitrogens with one attached hydrogen (secondary N) is 1. The first-order valence-electron chi connectivity index (χ1n) is 6.43. The normalized spacial score (nSPS) is 21.9. The Bertz CT molecular complexity index is 614. The van der Waals surface area contributed by atoms with Crippen LogP contribution in [0.15, 0.2) is 18.2 Å². The molecule has 1 unspecified atom stereocenters. The molecule has 0 saturated carbocycles. The molecular weight excluding hydrogens is 280 g/mol. The fourth-order valence-electron chi connectivity index (χ4n) is 2.78. The van der Waals surface area contributed by atoms with E-state index in [9.17, 15) is 14.4 Å². The second-order valence-corrected chi connectivity index (χ2v) is 5.24. The first kappa shape index (κ1) is 13.1. The fraction of sp³-hybridized carbons (Fsp3) is 0.357. The third kappa shape index (κ3) is 1.98. The van der Waals surface area contributed by atoms with Crippen molar-refractivity contribution in [2.24, 2.45) is 0 Å². The van der Waals surface area contributed by atoms with E-state index in [1.165, 1.54) is 4.90 Å². The van der Waals surface area contributed by atoms with Gasteiger partial charge in [-0.25, -0.2) is 0 Å². The van der Waals surface area contributed by atoms with Gasteiger partial charge in [-0.15, -0.1) is 11.6 Å². The molecular formula is C14H13ClN2O3. The monoisotopic (exact) mass is 292 g/mol. The van der Waals surface area contributed by atoms with Gasteiger partial charge in [0.05, 0.1) is 0 Å². The number of alkyl halides is 1. The van der Waals surface area contributed by atoms with Gasteiger partial charge < -0.3 is 4.90 Å². The van der Waals surface area contributed by atoms with Crippen LogP contribution in [-0.4, -0.2) is 28.7 Å². The number of nitrogens with zero attached hydrogens (tertiary/aromatic N) is 1. The summed E-state index contributed by atoms with van der Waals surface area (Å²) in [4.78, 5) is 37.0. The zero-order valence-electron chi connectivity index (χ0n) is 10.7. The van der Waals surface area contributed by atoms with E-state index < -0.39 is 11.9 Å². The number of imide groups is 1. The molecule has 1 saturated heterocycles. The molecule has 6 heteroatoms. The van der Waals surface area contributed by atoms with E-state index in [1.54, 1.807) is 12.1 Å². The number of fused-ring (bicyclic) bond motifs is 1. The number of rotatable bonds is 2. The van der Waals surface area contributed by atoms with Gasteiger partial charge in [-0.05, 0) is 23.6 Å². The van der Waals surface area contributed by atoms with Crippen LogP contribution in [0, 0.1) is 0 Å². The van der Waals surface area contributed by atoms with E-state index in [-0.39, 0.29) is 18.2 Å². The number of amides is 3. The lowest BCUT2D eigenvalue weighted by Crippen LogP contribution is -2.52. The second-order valence-electron chi connectivity index (χ2n) is 4.98. The molecule has 3 amide bonds. The summed E-state index contributed by atoms with van der Waals surface area (Å²) in [5.74, 6) is -0.507. The van der Waals surface area contributed by atoms with Crippen LogP contribution in [0.1, 0.15) is 34.3 Å². The molecule has 1 fully saturated rings. The highest BCUT2D eigenvalue weighted by atomic mass is 35.5. The molecule has 3 rings (SSSR count). The van der Waals surface area contributed by atoms with Crippen molar-refractivity contribution in [2.45, 2.75) is 31.3 Å². The number of hydrogen-bond acceptors (Lipinski definition) is 3. The molecule has 0 aliphatic carbocycles. The number of halogens is 1. The highest BCUT2D eigenvalue weighted by Gasteiger charge is 2.39. The first-order valence-corrected chi connectivity index (χ1v) is 6.96. The maximum absolute atomic E-state index is 12.4. The minimum absolute atomic E-state index is 0.165. The Hall–Kier alpha value is -1.88. The molecule has 1 aromatic rings. The van der Waals surface area contributed by atoms with Crippen molar-refractivity contribution in [2.75, 3.05) is 0 Å². The van der Waals surface area contributed by atoms with E-state index in [0.29, 0.717) is 24.4 Å². The Morgan fingerprint density at radius 1 is 1.30 bits per heavy atom. The van der Waals surface area contributed by atoms with Crippen LogP contribution in [0.2, 0.25) is 0 Å². The number of hydrogen-bond donors (Lipinski definition) is 1. The number of carbonyl (C=O) groups is 3. The van der Waals surface area contributed by atoms with Crippen LogP contribution in [0.4, 0.5) is 0 Å². The Balaban J connectivity index is 1.90. The van der Waals surface area contributed by atoms with Crippen molar-refractivity contribution in [3.63, 3.8) is 0 Å². The lowest BCUT2D eigenvalue weighted by molar-refractivity contribution is -0.136. The lowest BCUT2D eigenvalue weighted by Gasteiger charge is -2.29. The lowest BCUT2D eigenvalue weighted by atomic mass is 10.0. The molecule has 0 spiro atoms. The maximum Gasteiger partial charge on any atom is 0.255 e. The van der Waals surface area contributed by atoms with Crippen molar-refractivity contribution in [1.29, 1.82) is 0 Å². The summed E-state index contributed by atoms with van der Waals surface area (Å²) in [6, 6.07) is 4.85. The number of carbonyl (C=O) groups excluding carboxylic acids is 3. The molecule has 104 valence electrons. The van der Waals surface area contributed by atoms with E-state index in [1.807, 2.05) is 6.07 Å². The van der Waals surface area contributed by atoms with Gasteiger partial charge in [0.2, 0.25) is 11.8 Å². The van der Waals surface area contributed by atoms with Crippen LogP contribution >= 0.6 is 11.6 Å². The molecule has 1 atom stereocenters. The summed E-state index contributed by atoms with van der Waals surface area (Å²) >= 11 is 5.89. The third-order valence-electron chi connectivity index (χ3n) is 3.82. The molecule has 1 aromatic carbocycles. The Labute approximate surface area is 120 Å². The van der Waals surface area contributed by atoms with Crippen molar-refractivity contribution >= 4 is 29.3 Å². The quantitative estimate of drug-likeness (QED) is 0.658. The summed E-state index contributed by atoms with van der Waals surface area (Å²) in [6.45, 7) is 0.378. The molecule has 2 aliphatic rings. The molecule has 20 heavy (non-hydrogen) atoms. The van der Waals surface area contributed by atoms with Crippen LogP contribution in [-0.2, 0) is 22.0 Å². The summed E-state index contributed by atoms with van der Waals surface area (Å²) in [7, 11) is 0. The predicted molar refractivity (Wildman–Crippen MR) is 72.0 cm³/mol. The van der Waals surface area contributed by atoms with Crippen molar-refractivity contribution in [3.8, 4) is 0 Å². The molecule has 5 nitrogen and oxygen atoms in total. The van der Waals surface area contributed by atoms with Gasteiger partial charge in [0.15, 0.2) is 0 Å². The standard InChI is InChI=1S/C14H13ClN2O3/c15-6-8-2-1-3-9-10(8)7-17(14(9)20)11-4-5-12(18)16-13(11)19/h1-3,11H,4-7H2,(H,16,18,19).